The minimum absolute atomic E-state index is 0.221. The van der Waals surface area contributed by atoms with Crippen LogP contribution in [-0.2, 0) is 9.53 Å². The Morgan fingerprint density at radius 2 is 2.04 bits per heavy atom. The summed E-state index contributed by atoms with van der Waals surface area (Å²) < 4.78 is 7.59. The maximum atomic E-state index is 12.5. The van der Waals surface area contributed by atoms with E-state index < -0.39 is 0 Å². The van der Waals surface area contributed by atoms with Crippen LogP contribution < -0.4 is 0 Å². The molecule has 3 rings (SSSR count). The molecule has 0 unspecified atom stereocenters. The largest absolute Gasteiger partial charge is 0.378 e. The van der Waals surface area contributed by atoms with Gasteiger partial charge in [0.25, 0.3) is 0 Å². The maximum absolute atomic E-state index is 12.5. The minimum Gasteiger partial charge on any atom is -0.378 e. The third-order valence-corrected chi connectivity index (χ3v) is 5.63. The molecule has 0 aromatic carbocycles. The Morgan fingerprint density at radius 3 is 2.72 bits per heavy atom. The summed E-state index contributed by atoms with van der Waals surface area (Å²) in [6.45, 7) is 9.47. The molecule has 0 saturated carbocycles. The standard InChI is InChI=1S/C17H29N5O2S/c1-13(2)22-16(18-19-17(22)25-3)14-5-4-6-20(11-14)12-15(23)21-7-9-24-10-8-21/h13-14H,4-12H2,1-3H3/t14-/m0/s1. The summed E-state index contributed by atoms with van der Waals surface area (Å²) in [6.07, 6.45) is 4.25. The highest BCUT2D eigenvalue weighted by atomic mass is 32.2. The molecule has 25 heavy (non-hydrogen) atoms. The lowest BCUT2D eigenvalue weighted by atomic mass is 9.97. The molecule has 0 N–H and O–H groups in total. The number of hydrogen-bond acceptors (Lipinski definition) is 6. The summed E-state index contributed by atoms with van der Waals surface area (Å²) in [5.74, 6) is 1.64. The van der Waals surface area contributed by atoms with E-state index in [2.05, 4.69) is 33.5 Å². The van der Waals surface area contributed by atoms with Gasteiger partial charge in [-0.1, -0.05) is 11.8 Å². The second-order valence-electron chi connectivity index (χ2n) is 7.08. The molecule has 2 fully saturated rings. The molecule has 0 aliphatic carbocycles. The minimum atomic E-state index is 0.221. The number of morpholine rings is 1. The Kier molecular flexibility index (Phi) is 6.35. The van der Waals surface area contributed by atoms with Crippen LogP contribution in [0.1, 0.15) is 44.5 Å². The molecular weight excluding hydrogens is 338 g/mol. The summed E-state index contributed by atoms with van der Waals surface area (Å²) in [7, 11) is 0. The van der Waals surface area contributed by atoms with Crippen molar-refractivity contribution in [3.05, 3.63) is 5.82 Å². The van der Waals surface area contributed by atoms with Crippen molar-refractivity contribution in [2.45, 2.75) is 43.8 Å². The van der Waals surface area contributed by atoms with E-state index in [1.807, 2.05) is 11.2 Å². The van der Waals surface area contributed by atoms with Gasteiger partial charge in [0.15, 0.2) is 5.16 Å². The Morgan fingerprint density at radius 1 is 1.28 bits per heavy atom. The van der Waals surface area contributed by atoms with Gasteiger partial charge in [-0.3, -0.25) is 9.69 Å². The van der Waals surface area contributed by atoms with Gasteiger partial charge in [0.05, 0.1) is 19.8 Å². The summed E-state index contributed by atoms with van der Waals surface area (Å²) >= 11 is 1.64. The van der Waals surface area contributed by atoms with Crippen molar-refractivity contribution < 1.29 is 9.53 Å². The average Bonchev–Trinajstić information content (AvgIpc) is 3.07. The van der Waals surface area contributed by atoms with Gasteiger partial charge in [0.2, 0.25) is 5.91 Å². The fraction of sp³-hybridized carbons (Fsp3) is 0.824. The van der Waals surface area contributed by atoms with Crippen molar-refractivity contribution in [1.29, 1.82) is 0 Å². The number of thioether (sulfide) groups is 1. The van der Waals surface area contributed by atoms with Gasteiger partial charge in [0.1, 0.15) is 5.82 Å². The van der Waals surface area contributed by atoms with E-state index in [-0.39, 0.29) is 5.91 Å². The van der Waals surface area contributed by atoms with Gasteiger partial charge >= 0.3 is 0 Å². The van der Waals surface area contributed by atoms with Crippen molar-refractivity contribution in [3.8, 4) is 0 Å². The molecule has 0 radical (unpaired) electrons. The summed E-state index contributed by atoms with van der Waals surface area (Å²) in [4.78, 5) is 16.7. The van der Waals surface area contributed by atoms with Gasteiger partial charge < -0.3 is 14.2 Å². The van der Waals surface area contributed by atoms with Crippen LogP contribution in [-0.4, -0.2) is 82.7 Å². The molecule has 2 saturated heterocycles. The first kappa shape index (κ1) is 18.7. The summed E-state index contributed by atoms with van der Waals surface area (Å²) in [5, 5.41) is 9.83. The average molecular weight is 368 g/mol. The van der Waals surface area contributed by atoms with Crippen LogP contribution in [0.15, 0.2) is 5.16 Å². The van der Waals surface area contributed by atoms with E-state index in [4.69, 9.17) is 4.74 Å². The van der Waals surface area contributed by atoms with E-state index in [9.17, 15) is 4.79 Å². The fourth-order valence-electron chi connectivity index (χ4n) is 3.71. The van der Waals surface area contributed by atoms with Gasteiger partial charge in [0, 0.05) is 31.6 Å². The Labute approximate surface area is 154 Å². The fourth-order valence-corrected chi connectivity index (χ4v) is 4.33. The molecule has 2 aliphatic heterocycles. The number of carbonyl (C=O) groups is 1. The molecule has 0 bridgehead atoms. The molecule has 1 atom stereocenters. The number of ether oxygens (including phenoxy) is 1. The molecule has 3 heterocycles. The van der Waals surface area contributed by atoms with Crippen molar-refractivity contribution in [2.24, 2.45) is 0 Å². The van der Waals surface area contributed by atoms with E-state index >= 15 is 0 Å². The van der Waals surface area contributed by atoms with Crippen molar-refractivity contribution in [3.63, 3.8) is 0 Å². The monoisotopic (exact) mass is 367 g/mol. The molecule has 7 nitrogen and oxygen atoms in total. The number of piperidine rings is 1. The predicted molar refractivity (Wildman–Crippen MR) is 98.0 cm³/mol. The number of aromatic nitrogens is 3. The molecule has 1 aromatic heterocycles. The Hall–Kier alpha value is -1.12. The number of amides is 1. The lowest BCUT2D eigenvalue weighted by molar-refractivity contribution is -0.136. The van der Waals surface area contributed by atoms with Gasteiger partial charge in [-0.15, -0.1) is 10.2 Å². The van der Waals surface area contributed by atoms with Crippen LogP contribution in [0.3, 0.4) is 0 Å². The number of rotatable bonds is 5. The van der Waals surface area contributed by atoms with Crippen molar-refractivity contribution in [2.75, 3.05) is 52.2 Å². The van der Waals surface area contributed by atoms with Gasteiger partial charge in [-0.25, -0.2) is 0 Å². The zero-order valence-corrected chi connectivity index (χ0v) is 16.3. The third-order valence-electron chi connectivity index (χ3n) is 4.98. The summed E-state index contributed by atoms with van der Waals surface area (Å²) in [5.41, 5.74) is 0. The number of hydrogen-bond donors (Lipinski definition) is 0. The van der Waals surface area contributed by atoms with Crippen LogP contribution >= 0.6 is 11.8 Å². The van der Waals surface area contributed by atoms with E-state index in [1.165, 1.54) is 0 Å². The van der Waals surface area contributed by atoms with Crippen molar-refractivity contribution in [1.82, 2.24) is 24.6 Å². The van der Waals surface area contributed by atoms with Gasteiger partial charge in [-0.2, -0.15) is 0 Å². The maximum Gasteiger partial charge on any atom is 0.236 e. The highest BCUT2D eigenvalue weighted by Crippen LogP contribution is 2.30. The molecule has 1 aromatic rings. The van der Waals surface area contributed by atoms with Crippen LogP contribution in [0, 0.1) is 0 Å². The van der Waals surface area contributed by atoms with Crippen LogP contribution in [0.2, 0.25) is 0 Å². The first-order valence-corrected chi connectivity index (χ1v) is 10.4. The highest BCUT2D eigenvalue weighted by molar-refractivity contribution is 7.98. The zero-order chi connectivity index (χ0) is 17.8. The van der Waals surface area contributed by atoms with E-state index in [0.717, 1.165) is 50.0 Å². The van der Waals surface area contributed by atoms with E-state index in [1.54, 1.807) is 11.8 Å². The van der Waals surface area contributed by atoms with Crippen LogP contribution in [0.5, 0.6) is 0 Å². The SMILES string of the molecule is CSc1nnc([C@H]2CCCN(CC(=O)N3CCOCC3)C2)n1C(C)C. The van der Waals surface area contributed by atoms with Crippen LogP contribution in [0.4, 0.5) is 0 Å². The van der Waals surface area contributed by atoms with Crippen LogP contribution in [0.25, 0.3) is 0 Å². The molecular formula is C17H29N5O2S. The molecule has 140 valence electrons. The predicted octanol–water partition coefficient (Wildman–Crippen LogP) is 1.62. The molecule has 0 spiro atoms. The molecule has 1 amide bonds. The highest BCUT2D eigenvalue weighted by Gasteiger charge is 2.29. The second kappa shape index (κ2) is 8.51. The third kappa shape index (κ3) is 4.35. The molecule has 8 heteroatoms. The quantitative estimate of drug-likeness (QED) is 0.737. The number of likely N-dealkylation sites (tertiary alicyclic amines) is 1. The first-order chi connectivity index (χ1) is 12.1. The Balaban J connectivity index is 1.65. The number of nitrogens with zero attached hydrogens (tertiary/aromatic N) is 5. The first-order valence-electron chi connectivity index (χ1n) is 9.16. The normalized spacial score (nSPS) is 22.6. The smallest absolute Gasteiger partial charge is 0.236 e. The number of carbonyl (C=O) groups excluding carboxylic acids is 1. The summed E-state index contributed by atoms with van der Waals surface area (Å²) in [6, 6.07) is 0.345. The lowest BCUT2D eigenvalue weighted by Gasteiger charge is -2.34. The molecule has 2 aliphatic rings. The second-order valence-corrected chi connectivity index (χ2v) is 7.85. The van der Waals surface area contributed by atoms with Crippen molar-refractivity contribution >= 4 is 17.7 Å². The zero-order valence-electron chi connectivity index (χ0n) is 15.5. The Bertz CT molecular complexity index is 586. The van der Waals surface area contributed by atoms with Gasteiger partial charge in [-0.05, 0) is 39.5 Å². The van der Waals surface area contributed by atoms with E-state index in [0.29, 0.717) is 31.7 Å². The topological polar surface area (TPSA) is 63.5 Å². The lowest BCUT2D eigenvalue weighted by Crippen LogP contribution is -2.47.